The van der Waals surface area contributed by atoms with Crippen molar-refractivity contribution in [1.29, 1.82) is 0 Å². The lowest BCUT2D eigenvalue weighted by Gasteiger charge is -2.33. The Balaban J connectivity index is 2.06. The van der Waals surface area contributed by atoms with E-state index in [1.165, 1.54) is 24.8 Å². The second-order valence-corrected chi connectivity index (χ2v) is 6.35. The third-order valence-electron chi connectivity index (χ3n) is 4.41. The Labute approximate surface area is 114 Å². The number of hydrogen-bond donors (Lipinski definition) is 1. The number of benzene rings is 1. The van der Waals surface area contributed by atoms with E-state index in [4.69, 9.17) is 5.73 Å². The Morgan fingerprint density at radius 3 is 2.53 bits per heavy atom. The lowest BCUT2D eigenvalue weighted by molar-refractivity contribution is 0.222. The van der Waals surface area contributed by atoms with E-state index in [0.29, 0.717) is 6.04 Å². The zero-order chi connectivity index (χ0) is 13.6. The van der Waals surface area contributed by atoms with Crippen molar-refractivity contribution in [3.8, 4) is 0 Å². The maximum Gasteiger partial charge on any atom is 0.106 e. The Kier molecular flexibility index (Phi) is 3.00. The largest absolute Gasteiger partial charge is 0.399 e. The van der Waals surface area contributed by atoms with Gasteiger partial charge in [-0.1, -0.05) is 13.8 Å². The molecule has 1 aliphatic carbocycles. The molecule has 2 unspecified atom stereocenters. The van der Waals surface area contributed by atoms with Gasteiger partial charge in [-0.2, -0.15) is 0 Å². The van der Waals surface area contributed by atoms with E-state index in [1.807, 2.05) is 12.1 Å². The van der Waals surface area contributed by atoms with Crippen molar-refractivity contribution in [1.82, 2.24) is 9.55 Å². The molecular formula is C16H23N3. The minimum Gasteiger partial charge on any atom is -0.399 e. The van der Waals surface area contributed by atoms with E-state index >= 15 is 0 Å². The number of rotatable bonds is 1. The summed E-state index contributed by atoms with van der Waals surface area (Å²) in [5.74, 6) is 2.73. The first kappa shape index (κ1) is 12.5. The minimum absolute atomic E-state index is 0.590. The first-order valence-electron chi connectivity index (χ1n) is 7.28. The number of aryl methyl sites for hydroxylation is 1. The topological polar surface area (TPSA) is 43.8 Å². The summed E-state index contributed by atoms with van der Waals surface area (Å²) in [4.78, 5) is 4.68. The van der Waals surface area contributed by atoms with Crippen molar-refractivity contribution < 1.29 is 0 Å². The van der Waals surface area contributed by atoms with Crippen LogP contribution in [-0.2, 0) is 0 Å². The normalized spacial score (nSPS) is 27.8. The Morgan fingerprint density at radius 1 is 1.16 bits per heavy atom. The van der Waals surface area contributed by atoms with Gasteiger partial charge in [-0.25, -0.2) is 4.98 Å². The van der Waals surface area contributed by atoms with Crippen molar-refractivity contribution in [2.24, 2.45) is 11.8 Å². The molecule has 2 atom stereocenters. The van der Waals surface area contributed by atoms with E-state index < -0.39 is 0 Å². The number of nitrogens with two attached hydrogens (primary N) is 1. The third-order valence-corrected chi connectivity index (χ3v) is 4.41. The number of aromatic nitrogens is 2. The van der Waals surface area contributed by atoms with Crippen molar-refractivity contribution >= 4 is 16.7 Å². The van der Waals surface area contributed by atoms with Gasteiger partial charge in [0.1, 0.15) is 5.82 Å². The van der Waals surface area contributed by atoms with Crippen LogP contribution in [0.4, 0.5) is 5.69 Å². The van der Waals surface area contributed by atoms with E-state index in [2.05, 4.69) is 36.4 Å². The maximum atomic E-state index is 5.86. The lowest BCUT2D eigenvalue weighted by atomic mass is 9.80. The number of anilines is 1. The molecule has 1 heterocycles. The van der Waals surface area contributed by atoms with Crippen molar-refractivity contribution in [3.05, 3.63) is 24.0 Å². The van der Waals surface area contributed by atoms with Crippen LogP contribution in [0.5, 0.6) is 0 Å². The average molecular weight is 257 g/mol. The highest BCUT2D eigenvalue weighted by atomic mass is 15.1. The fraction of sp³-hybridized carbons (Fsp3) is 0.562. The summed E-state index contributed by atoms with van der Waals surface area (Å²) in [6.45, 7) is 6.85. The van der Waals surface area contributed by atoms with Crippen molar-refractivity contribution in [2.75, 3.05) is 5.73 Å². The van der Waals surface area contributed by atoms with Crippen molar-refractivity contribution in [3.63, 3.8) is 0 Å². The van der Waals surface area contributed by atoms with Gasteiger partial charge in [0.15, 0.2) is 0 Å². The van der Waals surface area contributed by atoms with E-state index in [1.54, 1.807) is 0 Å². The lowest BCUT2D eigenvalue weighted by Crippen LogP contribution is -2.23. The number of imidazole rings is 1. The predicted octanol–water partition coefficient (Wildman–Crippen LogP) is 3.92. The van der Waals surface area contributed by atoms with Crippen LogP contribution in [0.2, 0.25) is 0 Å². The molecule has 1 saturated carbocycles. The molecule has 0 amide bonds. The first-order valence-corrected chi connectivity index (χ1v) is 7.28. The zero-order valence-corrected chi connectivity index (χ0v) is 12.1. The maximum absolute atomic E-state index is 5.86. The average Bonchev–Trinajstić information content (AvgIpc) is 2.62. The molecule has 0 saturated heterocycles. The standard InChI is InChI=1S/C16H23N3/c1-10-6-11(2)8-14(7-10)19-12(3)18-15-9-13(17)4-5-16(15)19/h4-5,9-11,14H,6-8,17H2,1-3H3. The highest BCUT2D eigenvalue weighted by molar-refractivity contribution is 5.79. The highest BCUT2D eigenvalue weighted by Crippen LogP contribution is 2.38. The molecule has 102 valence electrons. The summed E-state index contributed by atoms with van der Waals surface area (Å²) in [5.41, 5.74) is 8.92. The second kappa shape index (κ2) is 4.55. The highest BCUT2D eigenvalue weighted by Gasteiger charge is 2.27. The van der Waals surface area contributed by atoms with Gasteiger partial charge >= 0.3 is 0 Å². The van der Waals surface area contributed by atoms with Gasteiger partial charge in [0.05, 0.1) is 11.0 Å². The molecule has 1 fully saturated rings. The number of hydrogen-bond acceptors (Lipinski definition) is 2. The summed E-state index contributed by atoms with van der Waals surface area (Å²) < 4.78 is 2.43. The predicted molar refractivity (Wildman–Crippen MR) is 80.1 cm³/mol. The fourth-order valence-corrected chi connectivity index (χ4v) is 3.81. The minimum atomic E-state index is 0.590. The fourth-order valence-electron chi connectivity index (χ4n) is 3.81. The smallest absolute Gasteiger partial charge is 0.106 e. The Morgan fingerprint density at radius 2 is 1.84 bits per heavy atom. The van der Waals surface area contributed by atoms with E-state index in [0.717, 1.165) is 28.9 Å². The molecule has 1 aromatic heterocycles. The van der Waals surface area contributed by atoms with Gasteiger partial charge in [0, 0.05) is 11.7 Å². The van der Waals surface area contributed by atoms with Gasteiger partial charge in [-0.3, -0.25) is 0 Å². The van der Waals surface area contributed by atoms with Gasteiger partial charge in [0.2, 0.25) is 0 Å². The van der Waals surface area contributed by atoms with Crippen LogP contribution in [0, 0.1) is 18.8 Å². The molecule has 2 aromatic rings. The monoisotopic (exact) mass is 257 g/mol. The van der Waals surface area contributed by atoms with Crippen LogP contribution < -0.4 is 5.73 Å². The van der Waals surface area contributed by atoms with Crippen LogP contribution >= 0.6 is 0 Å². The summed E-state index contributed by atoms with van der Waals surface area (Å²) in [6, 6.07) is 6.67. The number of nitrogen functional groups attached to an aromatic ring is 1. The number of fused-ring (bicyclic) bond motifs is 1. The molecule has 2 N–H and O–H groups in total. The van der Waals surface area contributed by atoms with Crippen LogP contribution in [0.3, 0.4) is 0 Å². The first-order chi connectivity index (χ1) is 9.04. The molecule has 3 rings (SSSR count). The Hall–Kier alpha value is -1.51. The van der Waals surface area contributed by atoms with Gasteiger partial charge < -0.3 is 10.3 Å². The zero-order valence-electron chi connectivity index (χ0n) is 12.1. The van der Waals surface area contributed by atoms with Crippen molar-refractivity contribution in [2.45, 2.75) is 46.1 Å². The SMILES string of the molecule is Cc1nc2cc(N)ccc2n1C1CC(C)CC(C)C1. The quantitative estimate of drug-likeness (QED) is 0.787. The van der Waals surface area contributed by atoms with Crippen LogP contribution in [-0.4, -0.2) is 9.55 Å². The summed E-state index contributed by atoms with van der Waals surface area (Å²) in [6.07, 6.45) is 3.89. The second-order valence-electron chi connectivity index (χ2n) is 6.35. The summed E-state index contributed by atoms with van der Waals surface area (Å²) in [7, 11) is 0. The van der Waals surface area contributed by atoms with Crippen LogP contribution in [0.15, 0.2) is 18.2 Å². The molecule has 0 spiro atoms. The molecule has 0 bridgehead atoms. The van der Waals surface area contributed by atoms with E-state index in [9.17, 15) is 0 Å². The third kappa shape index (κ3) is 2.22. The molecule has 0 aliphatic heterocycles. The van der Waals surface area contributed by atoms with Crippen LogP contribution in [0.25, 0.3) is 11.0 Å². The number of nitrogens with zero attached hydrogens (tertiary/aromatic N) is 2. The van der Waals surface area contributed by atoms with Crippen LogP contribution in [0.1, 0.15) is 45.0 Å². The molecular weight excluding hydrogens is 234 g/mol. The molecule has 3 nitrogen and oxygen atoms in total. The summed E-state index contributed by atoms with van der Waals surface area (Å²) >= 11 is 0. The molecule has 1 aliphatic rings. The van der Waals surface area contributed by atoms with Gasteiger partial charge in [-0.15, -0.1) is 0 Å². The van der Waals surface area contributed by atoms with Gasteiger partial charge in [0.25, 0.3) is 0 Å². The van der Waals surface area contributed by atoms with E-state index in [-0.39, 0.29) is 0 Å². The Bertz CT molecular complexity index is 589. The molecule has 19 heavy (non-hydrogen) atoms. The molecule has 0 radical (unpaired) electrons. The summed E-state index contributed by atoms with van der Waals surface area (Å²) in [5, 5.41) is 0. The molecule has 1 aromatic carbocycles. The van der Waals surface area contributed by atoms with Gasteiger partial charge in [-0.05, 0) is 56.2 Å². The molecule has 3 heteroatoms.